The molecule has 0 aliphatic rings. The summed E-state index contributed by atoms with van der Waals surface area (Å²) in [5, 5.41) is 31.2. The van der Waals surface area contributed by atoms with Gasteiger partial charge in [0.2, 0.25) is 0 Å². The summed E-state index contributed by atoms with van der Waals surface area (Å²) in [6, 6.07) is 11.2. The minimum Gasteiger partial charge on any atom is -0.495 e. The molecule has 15 heteroatoms. The molecule has 0 unspecified atom stereocenters. The summed E-state index contributed by atoms with van der Waals surface area (Å²) in [7, 11) is 3.25. The van der Waals surface area contributed by atoms with Crippen molar-refractivity contribution in [3.8, 4) is 28.9 Å². The number of hydrogen-bond donors (Lipinski definition) is 4. The molecule has 0 bridgehead atoms. The number of carbonyl (C=O) groups is 4. The van der Waals surface area contributed by atoms with E-state index in [1.54, 1.807) is 32.8 Å². The van der Waals surface area contributed by atoms with Gasteiger partial charge in [0.1, 0.15) is 17.2 Å². The maximum absolute atomic E-state index is 9.55. The summed E-state index contributed by atoms with van der Waals surface area (Å²) in [6.45, 7) is 0.495. The highest BCUT2D eigenvalue weighted by atomic mass is 79.9. The third kappa shape index (κ3) is 15.5. The zero-order chi connectivity index (χ0) is 32.9. The Kier molecular flexibility index (Phi) is 17.0. The van der Waals surface area contributed by atoms with Crippen molar-refractivity contribution in [1.29, 1.82) is 0 Å². The van der Waals surface area contributed by atoms with E-state index in [4.69, 9.17) is 39.4 Å². The zero-order valence-electron chi connectivity index (χ0n) is 23.5. The number of aromatic nitrogens is 2. The molecular formula is C29H29BrN2O12. The van der Waals surface area contributed by atoms with E-state index in [9.17, 15) is 19.2 Å². The maximum Gasteiger partial charge on any atom is 0.328 e. The van der Waals surface area contributed by atoms with E-state index in [1.165, 1.54) is 0 Å². The van der Waals surface area contributed by atoms with Crippen molar-refractivity contribution in [2.24, 2.45) is 0 Å². The predicted molar refractivity (Wildman–Crippen MR) is 158 cm³/mol. The standard InChI is InChI=1S/C21H21BrN2O4.2C4H4O4/c1-25-19-13-23-14-20(26-2)17(19)8-5-11-27-18-9-4-10-24-21(18)28-16-7-3-6-15(22)12-16;2*5-3(6)1-2-4(7)8/h3-4,6-7,9-10,12-14H,5,8,11H2,1-2H3;2*1-2H,(H,5,6)(H,7,8). The van der Waals surface area contributed by atoms with E-state index in [1.807, 2.05) is 36.4 Å². The number of aliphatic carboxylic acids is 4. The molecule has 0 amide bonds. The molecule has 0 atom stereocenters. The van der Waals surface area contributed by atoms with Crippen LogP contribution < -0.4 is 18.9 Å². The van der Waals surface area contributed by atoms with Gasteiger partial charge >= 0.3 is 23.9 Å². The lowest BCUT2D eigenvalue weighted by atomic mass is 10.1. The Morgan fingerprint density at radius 1 is 0.795 bits per heavy atom. The first-order valence-corrected chi connectivity index (χ1v) is 13.1. The van der Waals surface area contributed by atoms with Crippen molar-refractivity contribution in [3.63, 3.8) is 0 Å². The van der Waals surface area contributed by atoms with Crippen LogP contribution in [-0.2, 0) is 25.6 Å². The van der Waals surface area contributed by atoms with Gasteiger partial charge in [-0.25, -0.2) is 24.2 Å². The second kappa shape index (κ2) is 20.4. The Morgan fingerprint density at radius 3 is 1.82 bits per heavy atom. The molecule has 3 aromatic rings. The van der Waals surface area contributed by atoms with Gasteiger partial charge in [0.05, 0.1) is 33.2 Å². The minimum atomic E-state index is -1.26. The molecule has 0 saturated heterocycles. The number of methoxy groups -OCH3 is 2. The minimum absolute atomic E-state index is 0.430. The van der Waals surface area contributed by atoms with Crippen LogP contribution in [0.1, 0.15) is 12.0 Å². The van der Waals surface area contributed by atoms with Crippen molar-refractivity contribution in [3.05, 3.63) is 89.3 Å². The first kappa shape index (κ1) is 36.6. The quantitative estimate of drug-likeness (QED) is 0.145. The summed E-state index contributed by atoms with van der Waals surface area (Å²) in [5.41, 5.74) is 0.973. The largest absolute Gasteiger partial charge is 0.495 e. The SMILES string of the molecule is COc1cncc(OC)c1CCCOc1cccnc1Oc1cccc(Br)c1.O=C(O)C=CC(=O)O.O=C(O)C=CC(=O)O. The van der Waals surface area contributed by atoms with E-state index in [0.29, 0.717) is 59.8 Å². The monoisotopic (exact) mass is 676 g/mol. The molecule has 3 rings (SSSR count). The Labute approximate surface area is 260 Å². The second-order valence-corrected chi connectivity index (χ2v) is 8.78. The number of pyridine rings is 2. The zero-order valence-corrected chi connectivity index (χ0v) is 25.0. The summed E-state index contributed by atoms with van der Waals surface area (Å²) in [6.07, 6.45) is 8.77. The third-order valence-corrected chi connectivity index (χ3v) is 5.22. The fraction of sp³-hybridized carbons (Fsp3) is 0.172. The first-order chi connectivity index (χ1) is 21.0. The highest BCUT2D eigenvalue weighted by Crippen LogP contribution is 2.31. The van der Waals surface area contributed by atoms with Crippen LogP contribution in [-0.4, -0.2) is 75.1 Å². The number of carboxylic acids is 4. The lowest BCUT2D eigenvalue weighted by Crippen LogP contribution is -2.04. The van der Waals surface area contributed by atoms with Crippen LogP contribution >= 0.6 is 15.9 Å². The predicted octanol–water partition coefficient (Wildman–Crippen LogP) is 4.48. The van der Waals surface area contributed by atoms with E-state index < -0.39 is 23.9 Å². The van der Waals surface area contributed by atoms with Gasteiger partial charge < -0.3 is 39.4 Å². The van der Waals surface area contributed by atoms with Crippen LogP contribution in [0.3, 0.4) is 0 Å². The van der Waals surface area contributed by atoms with Crippen molar-refractivity contribution < 1.29 is 58.6 Å². The molecule has 0 aliphatic heterocycles. The Bertz CT molecular complexity index is 1370. The molecule has 0 saturated carbocycles. The van der Waals surface area contributed by atoms with Gasteiger partial charge in [0.25, 0.3) is 5.88 Å². The molecule has 0 fully saturated rings. The molecule has 4 N–H and O–H groups in total. The molecular weight excluding hydrogens is 648 g/mol. The van der Waals surface area contributed by atoms with E-state index >= 15 is 0 Å². The van der Waals surface area contributed by atoms with Crippen LogP contribution in [0.15, 0.2) is 83.8 Å². The number of benzene rings is 1. The Morgan fingerprint density at radius 2 is 1.34 bits per heavy atom. The van der Waals surface area contributed by atoms with E-state index in [2.05, 4.69) is 25.9 Å². The number of nitrogens with zero attached hydrogens (tertiary/aromatic N) is 2. The molecule has 14 nitrogen and oxygen atoms in total. The average Bonchev–Trinajstić information content (AvgIpc) is 2.98. The number of hydrogen-bond acceptors (Lipinski definition) is 10. The van der Waals surface area contributed by atoms with Gasteiger partial charge in [0.15, 0.2) is 5.75 Å². The van der Waals surface area contributed by atoms with Crippen LogP contribution in [0.25, 0.3) is 0 Å². The fourth-order valence-electron chi connectivity index (χ4n) is 2.97. The van der Waals surface area contributed by atoms with Crippen LogP contribution in [0, 0.1) is 0 Å². The third-order valence-electron chi connectivity index (χ3n) is 4.73. The van der Waals surface area contributed by atoms with Gasteiger partial charge in [-0.2, -0.15) is 0 Å². The number of rotatable bonds is 13. The van der Waals surface area contributed by atoms with Crippen LogP contribution in [0.2, 0.25) is 0 Å². The van der Waals surface area contributed by atoms with Crippen molar-refractivity contribution in [2.45, 2.75) is 12.8 Å². The summed E-state index contributed by atoms with van der Waals surface area (Å²) < 4.78 is 23.5. The van der Waals surface area contributed by atoms with Crippen LogP contribution in [0.5, 0.6) is 28.9 Å². The molecule has 0 spiro atoms. The molecule has 234 valence electrons. The normalized spacial score (nSPS) is 10.1. The van der Waals surface area contributed by atoms with E-state index in [-0.39, 0.29) is 0 Å². The topological polar surface area (TPSA) is 212 Å². The molecule has 0 radical (unpaired) electrons. The van der Waals surface area contributed by atoms with Crippen LogP contribution in [0.4, 0.5) is 0 Å². The van der Waals surface area contributed by atoms with Crippen molar-refractivity contribution in [1.82, 2.24) is 9.97 Å². The Hall–Kier alpha value is -5.44. The van der Waals surface area contributed by atoms with E-state index in [0.717, 1.165) is 22.9 Å². The van der Waals surface area contributed by atoms with Gasteiger partial charge in [-0.05, 0) is 43.2 Å². The summed E-state index contributed by atoms with van der Waals surface area (Å²) >= 11 is 3.43. The molecule has 2 heterocycles. The van der Waals surface area contributed by atoms with Gasteiger partial charge in [0, 0.05) is 40.5 Å². The van der Waals surface area contributed by atoms with Crippen molar-refractivity contribution >= 4 is 39.8 Å². The first-order valence-electron chi connectivity index (χ1n) is 12.3. The Balaban J connectivity index is 0.000000498. The summed E-state index contributed by atoms with van der Waals surface area (Å²) in [5.74, 6) is -1.90. The highest BCUT2D eigenvalue weighted by Gasteiger charge is 2.12. The van der Waals surface area contributed by atoms with Gasteiger partial charge in [-0.3, -0.25) is 4.98 Å². The van der Waals surface area contributed by atoms with Gasteiger partial charge in [-0.15, -0.1) is 0 Å². The molecule has 0 aliphatic carbocycles. The lowest BCUT2D eigenvalue weighted by molar-refractivity contribution is -0.134. The highest BCUT2D eigenvalue weighted by molar-refractivity contribution is 9.10. The molecule has 1 aromatic carbocycles. The van der Waals surface area contributed by atoms with Crippen molar-refractivity contribution in [2.75, 3.05) is 20.8 Å². The molecule has 44 heavy (non-hydrogen) atoms. The van der Waals surface area contributed by atoms with Gasteiger partial charge in [-0.1, -0.05) is 22.0 Å². The number of ether oxygens (including phenoxy) is 4. The molecule has 2 aromatic heterocycles. The number of halogens is 1. The lowest BCUT2D eigenvalue weighted by Gasteiger charge is -2.13. The smallest absolute Gasteiger partial charge is 0.328 e. The summed E-state index contributed by atoms with van der Waals surface area (Å²) in [4.78, 5) is 46.6. The fourth-order valence-corrected chi connectivity index (χ4v) is 3.35. The second-order valence-electron chi connectivity index (χ2n) is 7.86. The average molecular weight is 677 g/mol. The maximum atomic E-state index is 9.55. The number of carboxylic acid groups (broad SMARTS) is 4.